The van der Waals surface area contributed by atoms with E-state index in [2.05, 4.69) is 57.1 Å². The number of halogens is 1. The Balaban J connectivity index is 0.000000192. The van der Waals surface area contributed by atoms with E-state index in [-0.39, 0.29) is 21.7 Å². The third kappa shape index (κ3) is 15.5. The average Bonchev–Trinajstić information content (AvgIpc) is 2.09. The Bertz CT molecular complexity index is 3870. The minimum Gasteiger partial charge on any atom is -0.478 e. The molecule has 0 aliphatic carbocycles. The van der Waals surface area contributed by atoms with Gasteiger partial charge in [0, 0.05) is 95.5 Å². The Kier molecular flexibility index (Phi) is 21.3. The molecule has 22 heteroatoms. The molecular formula is C66H81FN12O7S2. The number of nitrogens with two attached hydrogens (primary N) is 2. The fourth-order valence-electron chi connectivity index (χ4n) is 13.2. The summed E-state index contributed by atoms with van der Waals surface area (Å²) < 4.78 is 60.9. The number of carbonyl (C=O) groups is 2. The maximum Gasteiger partial charge on any atom is 0.336 e. The van der Waals surface area contributed by atoms with Crippen LogP contribution in [0.4, 0.5) is 27.4 Å². The monoisotopic (exact) mass is 1240 g/mol. The van der Waals surface area contributed by atoms with Crippen LogP contribution in [-0.2, 0) is 32.9 Å². The second kappa shape index (κ2) is 28.4. The molecule has 2 aromatic heterocycles. The SMILES string of the molecule is C[C@H]1CN(c2ncccc2S(N)(=O)=O)CCN1.Cc1cc(C)c(C(=O)N2CCN(c3ncccc3S(N)(=O)=O)C[C@@H]2C)c(C)c1CC1CCN(c2ccc(F)cc2C#N)CC1.Cc1cc(C)c(C(=O)O)c(C)c1CC1CCN(c2ccccc2C#N)CC1. The van der Waals surface area contributed by atoms with Crippen LogP contribution in [0.5, 0.6) is 0 Å². The van der Waals surface area contributed by atoms with E-state index in [1.807, 2.05) is 86.6 Å². The van der Waals surface area contributed by atoms with Gasteiger partial charge in [0.2, 0.25) is 20.0 Å². The number of nitrogens with zero attached hydrogens (tertiary/aromatic N) is 9. The molecule has 6 aromatic rings. The van der Waals surface area contributed by atoms with Crippen LogP contribution in [-0.4, -0.2) is 126 Å². The summed E-state index contributed by atoms with van der Waals surface area (Å²) in [7, 11) is -7.67. The summed E-state index contributed by atoms with van der Waals surface area (Å²) in [6.45, 7) is 23.0. The molecule has 0 spiro atoms. The lowest BCUT2D eigenvalue weighted by atomic mass is 9.83. The Morgan fingerprint density at radius 3 is 1.59 bits per heavy atom. The lowest BCUT2D eigenvalue weighted by Gasteiger charge is -2.41. The van der Waals surface area contributed by atoms with Gasteiger partial charge in [-0.2, -0.15) is 10.5 Å². The third-order valence-electron chi connectivity index (χ3n) is 17.7. The first kappa shape index (κ1) is 66.0. The van der Waals surface area contributed by atoms with Crippen LogP contribution in [0.2, 0.25) is 0 Å². The van der Waals surface area contributed by atoms with Crippen molar-refractivity contribution in [1.82, 2.24) is 20.2 Å². The molecule has 88 heavy (non-hydrogen) atoms. The van der Waals surface area contributed by atoms with Crippen LogP contribution in [0.3, 0.4) is 0 Å². The Labute approximate surface area is 517 Å². The molecule has 2 atom stereocenters. The first-order valence-electron chi connectivity index (χ1n) is 29.9. The number of carboxylic acid groups (broad SMARTS) is 1. The molecule has 0 radical (unpaired) electrons. The highest BCUT2D eigenvalue weighted by Gasteiger charge is 2.34. The summed E-state index contributed by atoms with van der Waals surface area (Å²) in [5, 5.41) is 42.3. The molecule has 4 aliphatic heterocycles. The molecule has 0 unspecified atom stereocenters. The topological polar surface area (TPSA) is 276 Å². The molecule has 19 nitrogen and oxygen atoms in total. The normalized spacial score (nSPS) is 17.7. The number of nitriles is 2. The van der Waals surface area contributed by atoms with Gasteiger partial charge in [0.25, 0.3) is 5.91 Å². The molecule has 466 valence electrons. The van der Waals surface area contributed by atoms with Crippen LogP contribution >= 0.6 is 0 Å². The number of rotatable bonds is 12. The van der Waals surface area contributed by atoms with E-state index in [0.29, 0.717) is 60.3 Å². The molecule has 0 bridgehead atoms. The highest BCUT2D eigenvalue weighted by atomic mass is 32.2. The third-order valence-corrected chi connectivity index (χ3v) is 19.5. The van der Waals surface area contributed by atoms with E-state index in [0.717, 1.165) is 129 Å². The molecule has 4 aliphatic rings. The summed E-state index contributed by atoms with van der Waals surface area (Å²) in [6, 6.07) is 26.9. The van der Waals surface area contributed by atoms with E-state index in [1.54, 1.807) is 30.6 Å². The molecular weight excluding hydrogens is 1160 g/mol. The zero-order valence-corrected chi connectivity index (χ0v) is 53.2. The number of pyridine rings is 2. The minimum atomic E-state index is -3.94. The van der Waals surface area contributed by atoms with Gasteiger partial charge in [0.15, 0.2) is 0 Å². The van der Waals surface area contributed by atoms with Gasteiger partial charge in [-0.3, -0.25) is 4.79 Å². The first-order valence-corrected chi connectivity index (χ1v) is 33.0. The second-order valence-electron chi connectivity index (χ2n) is 23.8. The number of carbonyl (C=O) groups excluding carboxylic acids is 1. The van der Waals surface area contributed by atoms with Crippen LogP contribution in [0.25, 0.3) is 0 Å². The van der Waals surface area contributed by atoms with Crippen molar-refractivity contribution >= 4 is 54.9 Å². The number of para-hydroxylation sites is 1. The number of aromatic nitrogens is 2. The maximum atomic E-state index is 14.1. The van der Waals surface area contributed by atoms with Crippen molar-refractivity contribution in [2.24, 2.45) is 22.1 Å². The second-order valence-corrected chi connectivity index (χ2v) is 26.8. The smallest absolute Gasteiger partial charge is 0.336 e. The molecule has 4 saturated heterocycles. The predicted octanol–water partition coefficient (Wildman–Crippen LogP) is 8.64. The van der Waals surface area contributed by atoms with Crippen LogP contribution in [0.1, 0.15) is 116 Å². The van der Waals surface area contributed by atoms with Crippen molar-refractivity contribution in [3.63, 3.8) is 0 Å². The van der Waals surface area contributed by atoms with Crippen molar-refractivity contribution < 1.29 is 35.9 Å². The van der Waals surface area contributed by atoms with Gasteiger partial charge < -0.3 is 34.9 Å². The van der Waals surface area contributed by atoms with Crippen molar-refractivity contribution in [1.29, 1.82) is 10.5 Å². The average molecular weight is 1240 g/mol. The minimum absolute atomic E-state index is 0.0174. The Morgan fingerprint density at radius 1 is 0.614 bits per heavy atom. The zero-order chi connectivity index (χ0) is 63.8. The number of nitrogens with one attached hydrogen (secondary N) is 1. The number of aryl methyl sites for hydroxylation is 4. The van der Waals surface area contributed by atoms with E-state index >= 15 is 0 Å². The summed E-state index contributed by atoms with van der Waals surface area (Å²) in [6.07, 6.45) is 8.88. The first-order chi connectivity index (χ1) is 41.8. The van der Waals surface area contributed by atoms with Crippen LogP contribution in [0, 0.1) is 81.9 Å². The highest BCUT2D eigenvalue weighted by molar-refractivity contribution is 7.89. The highest BCUT2D eigenvalue weighted by Crippen LogP contribution is 2.35. The van der Waals surface area contributed by atoms with Crippen molar-refractivity contribution in [3.8, 4) is 12.1 Å². The fourth-order valence-corrected chi connectivity index (χ4v) is 14.6. The summed E-state index contributed by atoms with van der Waals surface area (Å²) in [5.41, 5.74) is 12.5. The van der Waals surface area contributed by atoms with E-state index in [1.165, 1.54) is 46.5 Å². The fraction of sp³-hybridized carbons (Fsp3) is 0.424. The number of anilines is 4. The summed E-state index contributed by atoms with van der Waals surface area (Å²) in [5.74, 6) is 0.463. The van der Waals surface area contributed by atoms with E-state index in [9.17, 15) is 46.4 Å². The van der Waals surface area contributed by atoms with Crippen LogP contribution < -0.4 is 35.2 Å². The van der Waals surface area contributed by atoms with E-state index in [4.69, 9.17) is 10.3 Å². The van der Waals surface area contributed by atoms with Crippen molar-refractivity contribution in [2.75, 3.05) is 85.0 Å². The number of hydrogen-bond donors (Lipinski definition) is 4. The zero-order valence-electron chi connectivity index (χ0n) is 51.6. The number of amides is 1. The number of carboxylic acids is 1. The number of hydrogen-bond acceptors (Lipinski definition) is 15. The van der Waals surface area contributed by atoms with Gasteiger partial charge in [-0.25, -0.2) is 46.3 Å². The lowest BCUT2D eigenvalue weighted by Crippen LogP contribution is -2.54. The predicted molar refractivity (Wildman–Crippen MR) is 341 cm³/mol. The van der Waals surface area contributed by atoms with Gasteiger partial charge >= 0.3 is 5.97 Å². The maximum absolute atomic E-state index is 14.1. The molecule has 6 heterocycles. The van der Waals surface area contributed by atoms with Gasteiger partial charge in [0.05, 0.1) is 28.1 Å². The molecule has 0 saturated carbocycles. The number of piperidine rings is 2. The van der Waals surface area contributed by atoms with Crippen molar-refractivity contribution in [2.45, 2.75) is 116 Å². The van der Waals surface area contributed by atoms with Gasteiger partial charge in [0.1, 0.15) is 39.4 Å². The molecule has 4 fully saturated rings. The number of aromatic carboxylic acids is 1. The van der Waals surface area contributed by atoms with Gasteiger partial charge in [-0.1, -0.05) is 24.3 Å². The molecule has 1 amide bonds. The lowest BCUT2D eigenvalue weighted by molar-refractivity contribution is 0.0668. The van der Waals surface area contributed by atoms with E-state index < -0.39 is 31.8 Å². The number of primary sulfonamides is 2. The summed E-state index contributed by atoms with van der Waals surface area (Å²) in [4.78, 5) is 44.4. The molecule has 4 aromatic carbocycles. The Hall–Kier alpha value is -7.99. The van der Waals surface area contributed by atoms with Crippen LogP contribution in [0.15, 0.2) is 101 Å². The molecule has 6 N–H and O–H groups in total. The van der Waals surface area contributed by atoms with Gasteiger partial charge in [-0.05, 0) is 205 Å². The Morgan fingerprint density at radius 2 is 1.10 bits per heavy atom. The van der Waals surface area contributed by atoms with Gasteiger partial charge in [-0.15, -0.1) is 0 Å². The largest absolute Gasteiger partial charge is 0.478 e. The number of piperazine rings is 2. The van der Waals surface area contributed by atoms with Crippen molar-refractivity contribution in [3.05, 3.63) is 164 Å². The molecule has 10 rings (SSSR count). The standard InChI is InChI=1S/C33H39FN6O3S.C23H26N2O2.C10H16N4O2S/c1-21-16-22(2)31(33(41)40-15-14-39(20-23(40)3)32-30(44(36,42)43)6-5-11-37-32)24(4)28(21)17-25-9-12-38(13-10-25)29-8-7-27(34)18-26(29)19-35;1-15-12-16(2)22(23(26)27)17(3)20(15)13-18-8-10-25(11-9-18)21-7-5-4-6-19(21)14-24;1-8-7-14(6-5-12-8)10-9(17(11,15)16)3-2-4-13-10/h5-8,11,16,18,23,25H,9-10,12-15,17,20H2,1-4H3,(H2,36,42,43);4-7,12,18H,8-11,13H2,1-3H3,(H,26,27);2-4,8,12H,5-7H2,1H3,(H2,11,15,16)/t23-;;8-/m0.0/s1. The number of sulfonamides is 2. The summed E-state index contributed by atoms with van der Waals surface area (Å²) >= 11 is 0. The number of benzene rings is 4. The quantitative estimate of drug-likeness (QED) is 0.0892.